The van der Waals surface area contributed by atoms with E-state index < -0.39 is 11.8 Å². The van der Waals surface area contributed by atoms with Gasteiger partial charge in [-0.3, -0.25) is 9.59 Å². The van der Waals surface area contributed by atoms with E-state index in [1.54, 1.807) is 10.7 Å². The molecular weight excluding hydrogens is 328 g/mol. The van der Waals surface area contributed by atoms with Crippen LogP contribution in [0.15, 0.2) is 54.6 Å². The molecule has 0 aliphatic carbocycles. The third kappa shape index (κ3) is 3.80. The van der Waals surface area contributed by atoms with Crippen molar-refractivity contribution in [2.24, 2.45) is 5.73 Å². The Hall–Kier alpha value is -3.41. The van der Waals surface area contributed by atoms with Crippen LogP contribution < -0.4 is 11.1 Å². The number of amides is 2. The summed E-state index contributed by atoms with van der Waals surface area (Å²) < 4.78 is 1.66. The average Bonchev–Trinajstić information content (AvgIpc) is 3.01. The maximum Gasteiger partial charge on any atom is 0.234 e. The highest BCUT2D eigenvalue weighted by molar-refractivity contribution is 6.03. The van der Waals surface area contributed by atoms with Gasteiger partial charge in [-0.1, -0.05) is 36.4 Å². The lowest BCUT2D eigenvalue weighted by Crippen LogP contribution is -2.22. The molecule has 0 atom stereocenters. The summed E-state index contributed by atoms with van der Waals surface area (Å²) in [6.45, 7) is 4.05. The van der Waals surface area contributed by atoms with Crippen LogP contribution in [0.25, 0.3) is 16.9 Å². The summed E-state index contributed by atoms with van der Waals surface area (Å²) in [6, 6.07) is 17.4. The number of primary amides is 1. The van der Waals surface area contributed by atoms with Crippen molar-refractivity contribution >= 4 is 17.6 Å². The first-order valence-corrected chi connectivity index (χ1v) is 8.25. The van der Waals surface area contributed by atoms with Gasteiger partial charge in [0.05, 0.1) is 11.4 Å². The van der Waals surface area contributed by atoms with Crippen LogP contribution >= 0.6 is 0 Å². The van der Waals surface area contributed by atoms with Gasteiger partial charge in [-0.15, -0.1) is 0 Å². The fraction of sp³-hybridized carbons (Fsp3) is 0.150. The second-order valence-corrected chi connectivity index (χ2v) is 6.15. The summed E-state index contributed by atoms with van der Waals surface area (Å²) in [4.78, 5) is 23.0. The van der Waals surface area contributed by atoms with Crippen molar-refractivity contribution < 1.29 is 9.59 Å². The summed E-state index contributed by atoms with van der Waals surface area (Å²) in [5.41, 5.74) is 9.87. The van der Waals surface area contributed by atoms with Gasteiger partial charge in [-0.05, 0) is 37.1 Å². The lowest BCUT2D eigenvalue weighted by molar-refractivity contribution is -0.124. The van der Waals surface area contributed by atoms with Gasteiger partial charge in [0.1, 0.15) is 12.2 Å². The van der Waals surface area contributed by atoms with Gasteiger partial charge in [0, 0.05) is 11.6 Å². The number of carbonyl (C=O) groups excluding carboxylic acids is 2. The molecule has 0 unspecified atom stereocenters. The van der Waals surface area contributed by atoms with Crippen molar-refractivity contribution in [3.8, 4) is 16.9 Å². The van der Waals surface area contributed by atoms with Gasteiger partial charge in [0.2, 0.25) is 11.8 Å². The summed E-state index contributed by atoms with van der Waals surface area (Å²) in [7, 11) is 0. The molecule has 0 saturated heterocycles. The fourth-order valence-electron chi connectivity index (χ4n) is 2.62. The van der Waals surface area contributed by atoms with E-state index in [9.17, 15) is 9.59 Å². The highest BCUT2D eigenvalue weighted by atomic mass is 16.2. The van der Waals surface area contributed by atoms with Crippen molar-refractivity contribution in [1.82, 2.24) is 9.78 Å². The Bertz CT molecular complexity index is 961. The monoisotopic (exact) mass is 348 g/mol. The maximum atomic E-state index is 12.0. The minimum atomic E-state index is -0.678. The third-order valence-electron chi connectivity index (χ3n) is 4.12. The molecule has 0 aliphatic heterocycles. The Kier molecular flexibility index (Phi) is 4.84. The minimum absolute atomic E-state index is 0.376. The lowest BCUT2D eigenvalue weighted by Gasteiger charge is -2.10. The third-order valence-corrected chi connectivity index (χ3v) is 4.12. The van der Waals surface area contributed by atoms with Gasteiger partial charge in [0.15, 0.2) is 0 Å². The molecule has 3 N–H and O–H groups in total. The van der Waals surface area contributed by atoms with Crippen LogP contribution in [0.1, 0.15) is 17.5 Å². The number of nitrogens with two attached hydrogens (primary N) is 1. The summed E-state index contributed by atoms with van der Waals surface area (Å²) >= 11 is 0. The first kappa shape index (κ1) is 17.4. The molecule has 0 radical (unpaired) electrons. The van der Waals surface area contributed by atoms with E-state index in [4.69, 9.17) is 5.73 Å². The van der Waals surface area contributed by atoms with Crippen LogP contribution in [0.5, 0.6) is 0 Å². The maximum absolute atomic E-state index is 12.0. The van der Waals surface area contributed by atoms with Crippen LogP contribution in [0, 0.1) is 13.8 Å². The largest absolute Gasteiger partial charge is 0.369 e. The van der Waals surface area contributed by atoms with E-state index in [2.05, 4.69) is 10.4 Å². The zero-order chi connectivity index (χ0) is 18.7. The predicted molar refractivity (Wildman–Crippen MR) is 101 cm³/mol. The highest BCUT2D eigenvalue weighted by Crippen LogP contribution is 2.25. The molecule has 132 valence electrons. The average molecular weight is 348 g/mol. The molecule has 1 heterocycles. The molecular formula is C20H20N4O2. The molecule has 0 aliphatic rings. The molecule has 3 rings (SSSR count). The molecule has 0 fully saturated rings. The Balaban J connectivity index is 2.05. The number of carbonyl (C=O) groups is 2. The SMILES string of the molecule is Cc1ccc(-n2nc(-c3ccccc3)cc2NC(=O)CC(N)=O)cc1C. The van der Waals surface area contributed by atoms with E-state index in [-0.39, 0.29) is 6.42 Å². The van der Waals surface area contributed by atoms with Crippen molar-refractivity contribution in [2.45, 2.75) is 20.3 Å². The quantitative estimate of drug-likeness (QED) is 0.695. The first-order chi connectivity index (χ1) is 12.4. The zero-order valence-electron chi connectivity index (χ0n) is 14.7. The van der Waals surface area contributed by atoms with Gasteiger partial charge < -0.3 is 11.1 Å². The van der Waals surface area contributed by atoms with Crippen LogP contribution in [0.2, 0.25) is 0 Å². The van der Waals surface area contributed by atoms with Crippen molar-refractivity contribution in [1.29, 1.82) is 0 Å². The van der Waals surface area contributed by atoms with Crippen molar-refractivity contribution in [3.63, 3.8) is 0 Å². The van der Waals surface area contributed by atoms with E-state index in [1.165, 1.54) is 5.56 Å². The summed E-state index contributed by atoms with van der Waals surface area (Å²) in [5.74, 6) is -0.663. The van der Waals surface area contributed by atoms with E-state index in [1.807, 2.05) is 62.4 Å². The zero-order valence-corrected chi connectivity index (χ0v) is 14.7. The Morgan fingerprint density at radius 3 is 2.42 bits per heavy atom. The van der Waals surface area contributed by atoms with Crippen LogP contribution in [0.3, 0.4) is 0 Å². The van der Waals surface area contributed by atoms with Gasteiger partial charge >= 0.3 is 0 Å². The number of rotatable bonds is 5. The van der Waals surface area contributed by atoms with E-state index >= 15 is 0 Å². The van der Waals surface area contributed by atoms with E-state index in [0.29, 0.717) is 5.82 Å². The molecule has 0 bridgehead atoms. The molecule has 1 aromatic heterocycles. The number of hydrogen-bond acceptors (Lipinski definition) is 3. The standard InChI is InChI=1S/C20H20N4O2/c1-13-8-9-16(10-14(13)2)24-19(22-20(26)12-18(21)25)11-17(23-24)15-6-4-3-5-7-15/h3-11H,12H2,1-2H3,(H2,21,25)(H,22,26). The number of anilines is 1. The van der Waals surface area contributed by atoms with Crippen molar-refractivity contribution in [2.75, 3.05) is 5.32 Å². The number of nitrogens with one attached hydrogen (secondary N) is 1. The summed E-state index contributed by atoms with van der Waals surface area (Å²) in [6.07, 6.45) is -0.376. The summed E-state index contributed by atoms with van der Waals surface area (Å²) in [5, 5.41) is 7.36. The highest BCUT2D eigenvalue weighted by Gasteiger charge is 2.15. The Labute approximate surface area is 151 Å². The number of aromatic nitrogens is 2. The number of hydrogen-bond donors (Lipinski definition) is 2. The van der Waals surface area contributed by atoms with Gasteiger partial charge in [0.25, 0.3) is 0 Å². The Morgan fingerprint density at radius 1 is 1.04 bits per heavy atom. The first-order valence-electron chi connectivity index (χ1n) is 8.25. The molecule has 2 aromatic carbocycles. The van der Waals surface area contributed by atoms with Crippen LogP contribution in [-0.4, -0.2) is 21.6 Å². The number of nitrogens with zero attached hydrogens (tertiary/aromatic N) is 2. The molecule has 26 heavy (non-hydrogen) atoms. The smallest absolute Gasteiger partial charge is 0.234 e. The van der Waals surface area contributed by atoms with Crippen LogP contribution in [-0.2, 0) is 9.59 Å². The lowest BCUT2D eigenvalue weighted by atomic mass is 10.1. The molecule has 0 saturated carbocycles. The second kappa shape index (κ2) is 7.23. The second-order valence-electron chi connectivity index (χ2n) is 6.15. The molecule has 2 amide bonds. The van der Waals surface area contributed by atoms with Gasteiger partial charge in [-0.25, -0.2) is 4.68 Å². The predicted octanol–water partition coefficient (Wildman–Crippen LogP) is 2.97. The van der Waals surface area contributed by atoms with Crippen LogP contribution in [0.4, 0.5) is 5.82 Å². The number of benzene rings is 2. The molecule has 6 heteroatoms. The minimum Gasteiger partial charge on any atom is -0.369 e. The fourth-order valence-corrected chi connectivity index (χ4v) is 2.62. The molecule has 3 aromatic rings. The topological polar surface area (TPSA) is 90.0 Å². The Morgan fingerprint density at radius 2 is 1.77 bits per heavy atom. The van der Waals surface area contributed by atoms with E-state index in [0.717, 1.165) is 22.5 Å². The number of aryl methyl sites for hydroxylation is 2. The molecule has 0 spiro atoms. The molecule has 6 nitrogen and oxygen atoms in total. The normalized spacial score (nSPS) is 10.5. The van der Waals surface area contributed by atoms with Gasteiger partial charge in [-0.2, -0.15) is 5.10 Å². The van der Waals surface area contributed by atoms with Crippen molar-refractivity contribution in [3.05, 3.63) is 65.7 Å².